The molecule has 0 saturated carbocycles. The van der Waals surface area contributed by atoms with Crippen molar-refractivity contribution in [3.8, 4) is 0 Å². The number of benzene rings is 1. The molecule has 1 aliphatic heterocycles. The predicted octanol–water partition coefficient (Wildman–Crippen LogP) is 2.45. The maximum atomic E-state index is 12.5. The van der Waals surface area contributed by atoms with E-state index in [1.165, 1.54) is 12.1 Å². The fourth-order valence-electron chi connectivity index (χ4n) is 2.79. The van der Waals surface area contributed by atoms with Crippen LogP contribution in [0.5, 0.6) is 0 Å². The molecule has 1 amide bonds. The van der Waals surface area contributed by atoms with Crippen molar-refractivity contribution in [3.63, 3.8) is 0 Å². The summed E-state index contributed by atoms with van der Waals surface area (Å²) in [6.07, 6.45) is 0. The number of esters is 1. The van der Waals surface area contributed by atoms with Gasteiger partial charge in [-0.05, 0) is 31.2 Å². The highest BCUT2D eigenvalue weighted by Gasteiger charge is 2.22. The summed E-state index contributed by atoms with van der Waals surface area (Å²) in [5, 5.41) is 13.4. The van der Waals surface area contributed by atoms with Gasteiger partial charge in [-0.3, -0.25) is 14.9 Å². The lowest BCUT2D eigenvalue weighted by Gasteiger charge is -2.30. The fourth-order valence-corrected chi connectivity index (χ4v) is 2.79. The first-order chi connectivity index (χ1) is 13.5. The van der Waals surface area contributed by atoms with Gasteiger partial charge in [-0.2, -0.15) is 0 Å². The minimum absolute atomic E-state index is 0.207. The zero-order valence-electron chi connectivity index (χ0n) is 15.2. The first kappa shape index (κ1) is 19.4. The lowest BCUT2D eigenvalue weighted by atomic mass is 10.1. The average molecular weight is 389 g/mol. The summed E-state index contributed by atoms with van der Waals surface area (Å²) in [5.74, 6) is -1.91. The minimum atomic E-state index is -0.725. The molecule has 2 aromatic rings. The zero-order valence-corrected chi connectivity index (χ0v) is 15.2. The van der Waals surface area contributed by atoms with Gasteiger partial charge in [-0.15, -0.1) is 0 Å². The third-order valence-corrected chi connectivity index (χ3v) is 4.10. The fraction of sp³-hybridized carbons (Fsp3) is 0.333. The monoisotopic (exact) mass is 389 g/mol. The molecule has 0 radical (unpaired) electrons. The van der Waals surface area contributed by atoms with E-state index in [2.05, 4.69) is 5.32 Å². The number of carbonyl (C=O) groups excluding carboxylic acids is 2. The van der Waals surface area contributed by atoms with E-state index in [0.717, 1.165) is 6.07 Å². The van der Waals surface area contributed by atoms with Gasteiger partial charge in [0, 0.05) is 13.1 Å². The van der Waals surface area contributed by atoms with Crippen LogP contribution in [0.2, 0.25) is 0 Å². The van der Waals surface area contributed by atoms with Crippen molar-refractivity contribution in [1.29, 1.82) is 0 Å². The molecule has 1 saturated heterocycles. The third kappa shape index (κ3) is 4.29. The highest BCUT2D eigenvalue weighted by atomic mass is 16.6. The van der Waals surface area contributed by atoms with Gasteiger partial charge < -0.3 is 24.1 Å². The van der Waals surface area contributed by atoms with Crippen molar-refractivity contribution in [3.05, 3.63) is 51.8 Å². The van der Waals surface area contributed by atoms with Crippen LogP contribution in [0.1, 0.15) is 27.8 Å². The van der Waals surface area contributed by atoms with Crippen LogP contribution in [0.25, 0.3) is 0 Å². The Labute approximate surface area is 160 Å². The van der Waals surface area contributed by atoms with Gasteiger partial charge >= 0.3 is 11.9 Å². The number of amides is 1. The molecule has 3 rings (SSSR count). The van der Waals surface area contributed by atoms with Crippen molar-refractivity contribution in [2.45, 2.75) is 6.92 Å². The molecule has 28 heavy (non-hydrogen) atoms. The highest BCUT2D eigenvalue weighted by molar-refractivity contribution is 6.05. The zero-order chi connectivity index (χ0) is 20.1. The molecule has 148 valence electrons. The topological polar surface area (TPSA) is 124 Å². The maximum absolute atomic E-state index is 12.5. The van der Waals surface area contributed by atoms with Crippen molar-refractivity contribution >= 4 is 29.1 Å². The highest BCUT2D eigenvalue weighted by Crippen LogP contribution is 2.29. The van der Waals surface area contributed by atoms with Gasteiger partial charge in [0.25, 0.3) is 5.91 Å². The standard InChI is InChI=1S/C18H19N3O7/c1-2-27-18(23)12-3-4-14(20-7-9-26-10-8-20)13(11-12)19-17(22)15-5-6-16(28-15)21(24)25/h3-6,11H,2,7-10H2,1H3,(H,19,22). The van der Waals surface area contributed by atoms with Crippen LogP contribution in [-0.4, -0.2) is 49.7 Å². The summed E-state index contributed by atoms with van der Waals surface area (Å²) in [4.78, 5) is 36.6. The molecule has 2 heterocycles. The molecule has 10 nitrogen and oxygen atoms in total. The van der Waals surface area contributed by atoms with Crippen LogP contribution < -0.4 is 10.2 Å². The number of hydrogen-bond donors (Lipinski definition) is 1. The Morgan fingerprint density at radius 3 is 2.64 bits per heavy atom. The number of hydrogen-bond acceptors (Lipinski definition) is 8. The summed E-state index contributed by atoms with van der Waals surface area (Å²) < 4.78 is 15.3. The lowest BCUT2D eigenvalue weighted by molar-refractivity contribution is -0.402. The number of nitrogens with one attached hydrogen (secondary N) is 1. The Morgan fingerprint density at radius 2 is 2.00 bits per heavy atom. The van der Waals surface area contributed by atoms with Gasteiger partial charge in [-0.25, -0.2) is 4.79 Å². The molecule has 10 heteroatoms. The Morgan fingerprint density at radius 1 is 1.25 bits per heavy atom. The Kier molecular flexibility index (Phi) is 5.90. The number of nitro groups is 1. The van der Waals surface area contributed by atoms with Crippen molar-refractivity contribution in [2.75, 3.05) is 43.1 Å². The molecular weight excluding hydrogens is 370 g/mol. The molecule has 0 atom stereocenters. The van der Waals surface area contributed by atoms with E-state index in [9.17, 15) is 19.7 Å². The molecular formula is C18H19N3O7. The second-order valence-corrected chi connectivity index (χ2v) is 5.90. The molecule has 0 aliphatic carbocycles. The van der Waals surface area contributed by atoms with Gasteiger partial charge in [0.15, 0.2) is 5.76 Å². The van der Waals surface area contributed by atoms with Crippen LogP contribution in [0.3, 0.4) is 0 Å². The van der Waals surface area contributed by atoms with Crippen LogP contribution in [0.4, 0.5) is 17.3 Å². The van der Waals surface area contributed by atoms with E-state index in [1.54, 1.807) is 19.1 Å². The third-order valence-electron chi connectivity index (χ3n) is 4.10. The number of rotatable bonds is 6. The number of furan rings is 1. The quantitative estimate of drug-likeness (QED) is 0.454. The van der Waals surface area contributed by atoms with Crippen molar-refractivity contribution in [2.24, 2.45) is 0 Å². The van der Waals surface area contributed by atoms with Crippen molar-refractivity contribution in [1.82, 2.24) is 0 Å². The summed E-state index contributed by atoms with van der Waals surface area (Å²) in [5.41, 5.74) is 1.35. The summed E-state index contributed by atoms with van der Waals surface area (Å²) in [6.45, 7) is 4.24. The van der Waals surface area contributed by atoms with Crippen LogP contribution in [-0.2, 0) is 9.47 Å². The van der Waals surface area contributed by atoms with E-state index in [0.29, 0.717) is 37.7 Å². The molecule has 1 aromatic heterocycles. The molecule has 1 fully saturated rings. The molecule has 0 unspecified atom stereocenters. The Hall–Kier alpha value is -3.40. The number of nitrogens with zero attached hydrogens (tertiary/aromatic N) is 2. The largest absolute Gasteiger partial charge is 0.462 e. The average Bonchev–Trinajstić information content (AvgIpc) is 3.19. The van der Waals surface area contributed by atoms with E-state index in [1.807, 2.05) is 4.90 Å². The number of ether oxygens (including phenoxy) is 2. The SMILES string of the molecule is CCOC(=O)c1ccc(N2CCOCC2)c(NC(=O)c2ccc([N+](=O)[O-])o2)c1. The smallest absolute Gasteiger partial charge is 0.433 e. The second kappa shape index (κ2) is 8.53. The van der Waals surface area contributed by atoms with Gasteiger partial charge in [0.05, 0.1) is 42.8 Å². The molecule has 0 bridgehead atoms. The summed E-state index contributed by atoms with van der Waals surface area (Å²) >= 11 is 0. The van der Waals surface area contributed by atoms with Gasteiger partial charge in [0.2, 0.25) is 0 Å². The number of morpholine rings is 1. The van der Waals surface area contributed by atoms with E-state index in [4.69, 9.17) is 13.9 Å². The number of anilines is 2. The molecule has 1 aromatic carbocycles. The van der Waals surface area contributed by atoms with Gasteiger partial charge in [0.1, 0.15) is 4.92 Å². The van der Waals surface area contributed by atoms with Gasteiger partial charge in [-0.1, -0.05) is 0 Å². The predicted molar refractivity (Wildman–Crippen MR) is 98.7 cm³/mol. The first-order valence-corrected chi connectivity index (χ1v) is 8.69. The Balaban J connectivity index is 1.90. The van der Waals surface area contributed by atoms with E-state index in [-0.39, 0.29) is 17.9 Å². The lowest BCUT2D eigenvalue weighted by Crippen LogP contribution is -2.36. The van der Waals surface area contributed by atoms with Crippen molar-refractivity contribution < 1.29 is 28.4 Å². The maximum Gasteiger partial charge on any atom is 0.433 e. The number of carbonyl (C=O) groups is 2. The van der Waals surface area contributed by atoms with Crippen LogP contribution in [0, 0.1) is 10.1 Å². The molecule has 1 aliphatic rings. The summed E-state index contributed by atoms with van der Waals surface area (Å²) in [6, 6.07) is 7.18. The Bertz CT molecular complexity index is 887. The minimum Gasteiger partial charge on any atom is -0.462 e. The summed E-state index contributed by atoms with van der Waals surface area (Å²) in [7, 11) is 0. The second-order valence-electron chi connectivity index (χ2n) is 5.90. The normalized spacial score (nSPS) is 13.8. The molecule has 0 spiro atoms. The molecule has 1 N–H and O–H groups in total. The van der Waals surface area contributed by atoms with E-state index < -0.39 is 22.7 Å². The van der Waals surface area contributed by atoms with Crippen LogP contribution in [0.15, 0.2) is 34.7 Å². The van der Waals surface area contributed by atoms with Crippen LogP contribution >= 0.6 is 0 Å². The van der Waals surface area contributed by atoms with E-state index >= 15 is 0 Å². The first-order valence-electron chi connectivity index (χ1n) is 8.69.